The maximum atomic E-state index is 12.9. The maximum absolute atomic E-state index is 12.9. The van der Waals surface area contributed by atoms with Crippen molar-refractivity contribution in [1.82, 2.24) is 25.2 Å². The fourth-order valence-corrected chi connectivity index (χ4v) is 2.53. The van der Waals surface area contributed by atoms with Gasteiger partial charge in [-0.2, -0.15) is 4.80 Å². The molecule has 0 aliphatic carbocycles. The molecule has 0 unspecified atom stereocenters. The molecule has 0 radical (unpaired) electrons. The molecule has 2 heterocycles. The standard InChI is InChI=1S/C12H10FN5OS/c1-2-18-16-10(15-17-18)9-11(19)14-12(20-9)7-3-5-8(13)6-4-7/h3-6,19H,2H2,1H3. The summed E-state index contributed by atoms with van der Waals surface area (Å²) in [4.78, 5) is 5.93. The molecule has 8 heteroatoms. The summed E-state index contributed by atoms with van der Waals surface area (Å²) in [7, 11) is 0. The number of rotatable bonds is 3. The number of thiazole rings is 1. The van der Waals surface area contributed by atoms with Gasteiger partial charge in [-0.3, -0.25) is 0 Å². The van der Waals surface area contributed by atoms with E-state index in [-0.39, 0.29) is 11.7 Å². The van der Waals surface area contributed by atoms with E-state index in [4.69, 9.17) is 0 Å². The van der Waals surface area contributed by atoms with Crippen molar-refractivity contribution in [2.45, 2.75) is 13.5 Å². The molecule has 6 nitrogen and oxygen atoms in total. The van der Waals surface area contributed by atoms with E-state index in [2.05, 4.69) is 20.4 Å². The molecule has 0 amide bonds. The van der Waals surface area contributed by atoms with Crippen LogP contribution in [-0.2, 0) is 6.54 Å². The minimum absolute atomic E-state index is 0.148. The van der Waals surface area contributed by atoms with E-state index in [0.29, 0.717) is 22.3 Å². The number of benzene rings is 1. The first kappa shape index (κ1) is 12.7. The Kier molecular flexibility index (Phi) is 3.15. The van der Waals surface area contributed by atoms with Crippen LogP contribution in [0.2, 0.25) is 0 Å². The minimum Gasteiger partial charge on any atom is -0.492 e. The van der Waals surface area contributed by atoms with Crippen molar-refractivity contribution >= 4 is 11.3 Å². The third kappa shape index (κ3) is 2.25. The molecule has 3 aromatic rings. The molecule has 102 valence electrons. The highest BCUT2D eigenvalue weighted by molar-refractivity contribution is 7.18. The lowest BCUT2D eigenvalue weighted by Gasteiger charge is -1.94. The van der Waals surface area contributed by atoms with Crippen molar-refractivity contribution in [3.8, 4) is 27.2 Å². The van der Waals surface area contributed by atoms with Gasteiger partial charge in [0.15, 0.2) is 0 Å². The van der Waals surface area contributed by atoms with Crippen molar-refractivity contribution in [3.63, 3.8) is 0 Å². The highest BCUT2D eigenvalue weighted by atomic mass is 32.1. The van der Waals surface area contributed by atoms with Gasteiger partial charge < -0.3 is 5.11 Å². The van der Waals surface area contributed by atoms with Crippen LogP contribution in [0.1, 0.15) is 6.92 Å². The van der Waals surface area contributed by atoms with Crippen LogP contribution >= 0.6 is 11.3 Å². The maximum Gasteiger partial charge on any atom is 0.234 e. The van der Waals surface area contributed by atoms with Crippen molar-refractivity contribution in [2.24, 2.45) is 0 Å². The van der Waals surface area contributed by atoms with Gasteiger partial charge in [-0.05, 0) is 36.4 Å². The minimum atomic E-state index is -0.317. The quantitative estimate of drug-likeness (QED) is 0.801. The lowest BCUT2D eigenvalue weighted by atomic mass is 10.2. The summed E-state index contributed by atoms with van der Waals surface area (Å²) in [6.07, 6.45) is 0. The number of aromatic nitrogens is 5. The van der Waals surface area contributed by atoms with Crippen molar-refractivity contribution in [2.75, 3.05) is 0 Å². The predicted octanol–water partition coefficient (Wildman–Crippen LogP) is 2.33. The predicted molar refractivity (Wildman–Crippen MR) is 71.7 cm³/mol. The van der Waals surface area contributed by atoms with Gasteiger partial charge in [-0.1, -0.05) is 0 Å². The number of tetrazole rings is 1. The zero-order valence-corrected chi connectivity index (χ0v) is 11.3. The molecule has 0 fully saturated rings. The van der Waals surface area contributed by atoms with Crippen LogP contribution in [0.5, 0.6) is 5.88 Å². The Bertz CT molecular complexity index is 737. The molecule has 1 N–H and O–H groups in total. The summed E-state index contributed by atoms with van der Waals surface area (Å²) in [5.41, 5.74) is 0.723. The molecule has 0 spiro atoms. The van der Waals surface area contributed by atoms with E-state index in [0.717, 1.165) is 5.56 Å². The molecule has 0 saturated carbocycles. The van der Waals surface area contributed by atoms with Crippen LogP contribution in [-0.4, -0.2) is 30.3 Å². The van der Waals surface area contributed by atoms with E-state index in [9.17, 15) is 9.50 Å². The smallest absolute Gasteiger partial charge is 0.234 e. The first-order valence-corrected chi connectivity index (χ1v) is 6.73. The number of hydrogen-bond donors (Lipinski definition) is 1. The summed E-state index contributed by atoms with van der Waals surface area (Å²) in [6.45, 7) is 2.49. The van der Waals surface area contributed by atoms with Crippen molar-refractivity contribution in [1.29, 1.82) is 0 Å². The summed E-state index contributed by atoms with van der Waals surface area (Å²) in [6, 6.07) is 5.90. The Morgan fingerprint density at radius 2 is 2.05 bits per heavy atom. The molecule has 1 aromatic carbocycles. The van der Waals surface area contributed by atoms with Crippen molar-refractivity contribution < 1.29 is 9.50 Å². The van der Waals surface area contributed by atoms with Crippen LogP contribution in [0.25, 0.3) is 21.3 Å². The lowest BCUT2D eigenvalue weighted by Crippen LogP contribution is -1.98. The van der Waals surface area contributed by atoms with Crippen LogP contribution in [0.4, 0.5) is 4.39 Å². The Labute approximate surface area is 117 Å². The average Bonchev–Trinajstić information content (AvgIpc) is 3.05. The molecule has 2 aromatic heterocycles. The van der Waals surface area contributed by atoms with Crippen LogP contribution < -0.4 is 0 Å². The third-order valence-electron chi connectivity index (χ3n) is 2.64. The largest absolute Gasteiger partial charge is 0.492 e. The van der Waals surface area contributed by atoms with Crippen LogP contribution in [0, 0.1) is 5.82 Å². The van der Waals surface area contributed by atoms with E-state index < -0.39 is 0 Å². The number of halogens is 1. The highest BCUT2D eigenvalue weighted by Crippen LogP contribution is 2.37. The third-order valence-corrected chi connectivity index (χ3v) is 3.73. The molecule has 0 aliphatic heterocycles. The molecule has 0 bridgehead atoms. The van der Waals surface area contributed by atoms with Gasteiger partial charge in [0, 0.05) is 5.56 Å². The molecule has 3 rings (SSSR count). The zero-order valence-electron chi connectivity index (χ0n) is 10.5. The van der Waals surface area contributed by atoms with Gasteiger partial charge in [0.05, 0.1) is 6.54 Å². The van der Waals surface area contributed by atoms with Gasteiger partial charge >= 0.3 is 0 Å². The van der Waals surface area contributed by atoms with Gasteiger partial charge in [0.25, 0.3) is 0 Å². The Hall–Kier alpha value is -2.35. The van der Waals surface area contributed by atoms with E-state index in [1.165, 1.54) is 28.3 Å². The first-order valence-electron chi connectivity index (χ1n) is 5.91. The lowest BCUT2D eigenvalue weighted by molar-refractivity contribution is 0.459. The average molecular weight is 291 g/mol. The van der Waals surface area contributed by atoms with Gasteiger partial charge in [-0.25, -0.2) is 9.37 Å². The highest BCUT2D eigenvalue weighted by Gasteiger charge is 2.17. The van der Waals surface area contributed by atoms with Crippen LogP contribution in [0.15, 0.2) is 24.3 Å². The fourth-order valence-electron chi connectivity index (χ4n) is 1.64. The van der Waals surface area contributed by atoms with E-state index in [1.807, 2.05) is 6.92 Å². The Balaban J connectivity index is 2.00. The SMILES string of the molecule is CCn1nnc(-c2sc(-c3ccc(F)cc3)nc2O)n1. The first-order chi connectivity index (χ1) is 9.67. The second-order valence-electron chi connectivity index (χ2n) is 3.98. The molecular formula is C12H10FN5OS. The summed E-state index contributed by atoms with van der Waals surface area (Å²) >= 11 is 1.23. The molecular weight excluding hydrogens is 281 g/mol. The summed E-state index contributed by atoms with van der Waals surface area (Å²) < 4.78 is 12.9. The van der Waals surface area contributed by atoms with E-state index in [1.54, 1.807) is 12.1 Å². The Morgan fingerprint density at radius 1 is 1.30 bits per heavy atom. The number of aryl methyl sites for hydroxylation is 1. The number of aromatic hydroxyl groups is 1. The fraction of sp³-hybridized carbons (Fsp3) is 0.167. The summed E-state index contributed by atoms with van der Waals surface area (Å²) in [5, 5.41) is 22.3. The molecule has 20 heavy (non-hydrogen) atoms. The van der Waals surface area contributed by atoms with Crippen LogP contribution in [0.3, 0.4) is 0 Å². The number of nitrogens with zero attached hydrogens (tertiary/aromatic N) is 5. The van der Waals surface area contributed by atoms with Gasteiger partial charge in [0.2, 0.25) is 11.7 Å². The number of hydrogen-bond acceptors (Lipinski definition) is 6. The molecule has 0 atom stereocenters. The van der Waals surface area contributed by atoms with Gasteiger partial charge in [0.1, 0.15) is 15.7 Å². The second kappa shape index (κ2) is 4.97. The second-order valence-corrected chi connectivity index (χ2v) is 4.98. The topological polar surface area (TPSA) is 76.7 Å². The summed E-state index contributed by atoms with van der Waals surface area (Å²) in [5.74, 6) is -0.137. The molecule has 0 aliphatic rings. The van der Waals surface area contributed by atoms with Crippen molar-refractivity contribution in [3.05, 3.63) is 30.1 Å². The zero-order chi connectivity index (χ0) is 14.1. The molecule has 0 saturated heterocycles. The van der Waals surface area contributed by atoms with Gasteiger partial charge in [-0.15, -0.1) is 21.5 Å². The van der Waals surface area contributed by atoms with E-state index >= 15 is 0 Å². The monoisotopic (exact) mass is 291 g/mol. The normalized spacial score (nSPS) is 10.9. The Morgan fingerprint density at radius 3 is 2.70 bits per heavy atom.